The van der Waals surface area contributed by atoms with Gasteiger partial charge >= 0.3 is 5.97 Å². The molecule has 0 aliphatic heterocycles. The number of benzene rings is 2. The third kappa shape index (κ3) is 4.12. The van der Waals surface area contributed by atoms with Gasteiger partial charge in [0.05, 0.1) is 35.3 Å². The predicted molar refractivity (Wildman–Crippen MR) is 136 cm³/mol. The summed E-state index contributed by atoms with van der Waals surface area (Å²) in [6.07, 6.45) is 8.75. The number of fused-ring (bicyclic) bond motifs is 1. The second kappa shape index (κ2) is 9.02. The molecule has 0 radical (unpaired) electrons. The Morgan fingerprint density at radius 2 is 1.97 bits per heavy atom. The Labute approximate surface area is 203 Å². The number of carboxylic acids is 1. The molecule has 1 aliphatic carbocycles. The Bertz CT molecular complexity index is 1490. The monoisotopic (exact) mass is 467 g/mol. The number of ether oxygens (including phenoxy) is 1. The first kappa shape index (κ1) is 22.3. The average molecular weight is 468 g/mol. The van der Waals surface area contributed by atoms with Crippen LogP contribution in [-0.4, -0.2) is 28.0 Å². The summed E-state index contributed by atoms with van der Waals surface area (Å²) in [7, 11) is 1.51. The summed E-state index contributed by atoms with van der Waals surface area (Å²) < 4.78 is 13.3. The quantitative estimate of drug-likeness (QED) is 0.345. The van der Waals surface area contributed by atoms with Gasteiger partial charge in [-0.1, -0.05) is 36.4 Å². The summed E-state index contributed by atoms with van der Waals surface area (Å²) in [6.45, 7) is 3.93. The van der Waals surface area contributed by atoms with Crippen LogP contribution in [0.4, 0.5) is 11.5 Å². The fraction of sp³-hybridized carbons (Fsp3) is 0.143. The highest BCUT2D eigenvalue weighted by molar-refractivity contribution is 5.96. The number of allylic oxidation sites excluding steroid dienone is 3. The first-order chi connectivity index (χ1) is 17.0. The summed E-state index contributed by atoms with van der Waals surface area (Å²) in [5.74, 6) is 1.49. The van der Waals surface area contributed by atoms with Crippen LogP contribution in [0.2, 0.25) is 0 Å². The first-order valence-electron chi connectivity index (χ1n) is 11.3. The number of furan rings is 1. The zero-order valence-corrected chi connectivity index (χ0v) is 19.7. The number of para-hydroxylation sites is 1. The lowest BCUT2D eigenvalue weighted by Crippen LogP contribution is -2.08. The second-order valence-corrected chi connectivity index (χ2v) is 8.34. The van der Waals surface area contributed by atoms with E-state index in [-0.39, 0.29) is 5.56 Å². The van der Waals surface area contributed by atoms with E-state index >= 15 is 0 Å². The smallest absolute Gasteiger partial charge is 0.337 e. The lowest BCUT2D eigenvalue weighted by molar-refractivity contribution is 0.0697. The van der Waals surface area contributed by atoms with E-state index in [9.17, 15) is 9.90 Å². The zero-order chi connectivity index (χ0) is 24.5. The number of carbonyl (C=O) groups is 1. The van der Waals surface area contributed by atoms with Crippen molar-refractivity contribution in [2.24, 2.45) is 0 Å². The highest BCUT2D eigenvalue weighted by Crippen LogP contribution is 2.39. The van der Waals surface area contributed by atoms with Crippen LogP contribution in [0.1, 0.15) is 32.9 Å². The summed E-state index contributed by atoms with van der Waals surface area (Å²) in [6, 6.07) is 14.9. The maximum absolute atomic E-state index is 12.1. The molecule has 2 aromatic heterocycles. The van der Waals surface area contributed by atoms with Crippen LogP contribution in [-0.2, 0) is 6.42 Å². The predicted octanol–water partition coefficient (Wildman–Crippen LogP) is 6.33. The molecule has 2 heterocycles. The van der Waals surface area contributed by atoms with Gasteiger partial charge in [0.15, 0.2) is 0 Å². The highest BCUT2D eigenvalue weighted by Gasteiger charge is 2.24. The fourth-order valence-corrected chi connectivity index (χ4v) is 4.26. The highest BCUT2D eigenvalue weighted by atomic mass is 16.5. The fourth-order valence-electron chi connectivity index (χ4n) is 4.26. The molecule has 0 amide bonds. The van der Waals surface area contributed by atoms with E-state index in [1.165, 1.54) is 13.2 Å². The minimum atomic E-state index is -1.06. The second-order valence-electron chi connectivity index (χ2n) is 8.34. The SMILES string of the molecule is COc1ccc(Nc2c(-c3cc4c(o3)C=CC=CC4)c(C)nn2-c2ccccc2C)c(C(=O)O)c1. The molecule has 176 valence electrons. The third-order valence-electron chi connectivity index (χ3n) is 6.03. The number of methoxy groups -OCH3 is 1. The molecule has 0 spiro atoms. The molecule has 4 aromatic rings. The van der Waals surface area contributed by atoms with Gasteiger partial charge in [0.25, 0.3) is 0 Å². The van der Waals surface area contributed by atoms with E-state index in [0.717, 1.165) is 40.3 Å². The van der Waals surface area contributed by atoms with E-state index in [4.69, 9.17) is 14.3 Å². The summed E-state index contributed by atoms with van der Waals surface area (Å²) in [5, 5.41) is 18.1. The van der Waals surface area contributed by atoms with Crippen LogP contribution in [0.5, 0.6) is 5.75 Å². The van der Waals surface area contributed by atoms with Crippen molar-refractivity contribution in [2.75, 3.05) is 12.4 Å². The molecule has 0 bridgehead atoms. The van der Waals surface area contributed by atoms with Crippen LogP contribution >= 0.6 is 0 Å². The van der Waals surface area contributed by atoms with E-state index in [2.05, 4.69) is 11.4 Å². The Hall–Kier alpha value is -4.52. The summed E-state index contributed by atoms with van der Waals surface area (Å²) >= 11 is 0. The minimum Gasteiger partial charge on any atom is -0.497 e. The van der Waals surface area contributed by atoms with E-state index in [0.29, 0.717) is 23.0 Å². The van der Waals surface area contributed by atoms with Gasteiger partial charge < -0.3 is 19.6 Å². The van der Waals surface area contributed by atoms with Crippen molar-refractivity contribution in [1.82, 2.24) is 9.78 Å². The Morgan fingerprint density at radius 3 is 2.74 bits per heavy atom. The Morgan fingerprint density at radius 1 is 1.14 bits per heavy atom. The minimum absolute atomic E-state index is 0.0915. The van der Waals surface area contributed by atoms with Crippen LogP contribution in [0.3, 0.4) is 0 Å². The molecule has 0 unspecified atom stereocenters. The number of nitrogens with one attached hydrogen (secondary N) is 1. The van der Waals surface area contributed by atoms with Gasteiger partial charge in [-0.2, -0.15) is 5.10 Å². The summed E-state index contributed by atoms with van der Waals surface area (Å²) in [5.41, 5.74) is 5.02. The van der Waals surface area contributed by atoms with Crippen molar-refractivity contribution in [2.45, 2.75) is 20.3 Å². The Balaban J connectivity index is 1.71. The number of aromatic carboxylic acids is 1. The normalized spacial score (nSPS) is 12.3. The zero-order valence-electron chi connectivity index (χ0n) is 19.7. The molecule has 0 saturated heterocycles. The van der Waals surface area contributed by atoms with Crippen molar-refractivity contribution in [3.8, 4) is 22.8 Å². The average Bonchev–Trinajstić information content (AvgIpc) is 3.30. The van der Waals surface area contributed by atoms with Crippen LogP contribution < -0.4 is 10.1 Å². The number of rotatable bonds is 6. The van der Waals surface area contributed by atoms with Crippen LogP contribution in [0.25, 0.3) is 23.1 Å². The van der Waals surface area contributed by atoms with E-state index in [1.807, 2.05) is 62.4 Å². The molecule has 1 aliphatic rings. The molecule has 7 nitrogen and oxygen atoms in total. The van der Waals surface area contributed by atoms with Gasteiger partial charge in [0, 0.05) is 5.56 Å². The first-order valence-corrected chi connectivity index (χ1v) is 11.3. The van der Waals surface area contributed by atoms with Gasteiger partial charge in [-0.25, -0.2) is 9.48 Å². The van der Waals surface area contributed by atoms with Crippen LogP contribution in [0, 0.1) is 13.8 Å². The third-order valence-corrected chi connectivity index (χ3v) is 6.03. The van der Waals surface area contributed by atoms with Gasteiger partial charge in [-0.3, -0.25) is 0 Å². The van der Waals surface area contributed by atoms with Crippen molar-refractivity contribution in [3.05, 3.63) is 94.9 Å². The lowest BCUT2D eigenvalue weighted by atomic mass is 10.1. The lowest BCUT2D eigenvalue weighted by Gasteiger charge is -2.15. The van der Waals surface area contributed by atoms with Gasteiger partial charge in [0.1, 0.15) is 23.1 Å². The van der Waals surface area contributed by atoms with Crippen molar-refractivity contribution in [1.29, 1.82) is 0 Å². The van der Waals surface area contributed by atoms with Gasteiger partial charge in [-0.05, 0) is 62.2 Å². The maximum Gasteiger partial charge on any atom is 0.337 e. The molecule has 0 fully saturated rings. The molecule has 0 atom stereocenters. The number of hydrogen-bond acceptors (Lipinski definition) is 5. The van der Waals surface area contributed by atoms with Crippen molar-refractivity contribution < 1.29 is 19.1 Å². The van der Waals surface area contributed by atoms with E-state index < -0.39 is 5.97 Å². The topological polar surface area (TPSA) is 89.5 Å². The maximum atomic E-state index is 12.1. The molecule has 0 saturated carbocycles. The number of aromatic nitrogens is 2. The number of anilines is 2. The van der Waals surface area contributed by atoms with Gasteiger partial charge in [0.2, 0.25) is 0 Å². The molecule has 2 aromatic carbocycles. The van der Waals surface area contributed by atoms with Gasteiger partial charge in [-0.15, -0.1) is 0 Å². The number of carboxylic acid groups (broad SMARTS) is 1. The molecule has 5 rings (SSSR count). The largest absolute Gasteiger partial charge is 0.497 e. The molecule has 2 N–H and O–H groups in total. The number of aryl methyl sites for hydroxylation is 2. The molecule has 7 heteroatoms. The standard InChI is InChI=1S/C28H25N3O4/c1-17-9-7-8-11-23(17)31-27(29-22-14-13-20(34-3)16-21(22)28(32)33)26(18(2)30-31)25-15-19-10-5-4-6-12-24(19)35-25/h4-9,11-16,29H,10H2,1-3H3,(H,32,33). The summed E-state index contributed by atoms with van der Waals surface area (Å²) in [4.78, 5) is 12.1. The number of hydrogen-bond donors (Lipinski definition) is 2. The van der Waals surface area contributed by atoms with Crippen molar-refractivity contribution >= 4 is 23.6 Å². The molecular weight excluding hydrogens is 442 g/mol. The number of nitrogens with zero attached hydrogens (tertiary/aromatic N) is 2. The Kier molecular flexibility index (Phi) is 5.74. The van der Waals surface area contributed by atoms with E-state index in [1.54, 1.807) is 16.8 Å². The molecule has 35 heavy (non-hydrogen) atoms. The van der Waals surface area contributed by atoms with Crippen molar-refractivity contribution in [3.63, 3.8) is 0 Å². The molecular formula is C28H25N3O4. The van der Waals surface area contributed by atoms with Crippen LogP contribution in [0.15, 0.2) is 71.2 Å².